The fraction of sp³-hybridized carbons (Fsp3) is 0.364. The van der Waals surface area contributed by atoms with Gasteiger partial charge in [0.2, 0.25) is 5.89 Å². The Morgan fingerprint density at radius 2 is 2.18 bits per heavy atom. The molecule has 92 valence electrons. The molecule has 0 amide bonds. The molecule has 1 aromatic heterocycles. The lowest BCUT2D eigenvalue weighted by Gasteiger charge is -1.97. The van der Waals surface area contributed by atoms with Gasteiger partial charge in [0.05, 0.1) is 11.4 Å². The van der Waals surface area contributed by atoms with Crippen molar-refractivity contribution >= 4 is 26.6 Å². The summed E-state index contributed by atoms with van der Waals surface area (Å²) in [5, 5.41) is 0. The van der Waals surface area contributed by atoms with Crippen LogP contribution >= 0.6 is 0 Å². The molecule has 2 aromatic rings. The highest BCUT2D eigenvalue weighted by Gasteiger charge is 2.16. The summed E-state index contributed by atoms with van der Waals surface area (Å²) in [5.74, 6) is 0.169. The van der Waals surface area contributed by atoms with Gasteiger partial charge in [-0.1, -0.05) is 13.0 Å². The van der Waals surface area contributed by atoms with Crippen LogP contribution < -0.4 is 5.73 Å². The molecule has 1 heterocycles. The van der Waals surface area contributed by atoms with E-state index in [1.807, 2.05) is 6.92 Å². The van der Waals surface area contributed by atoms with E-state index in [-0.39, 0.29) is 17.4 Å². The van der Waals surface area contributed by atoms with Crippen LogP contribution in [-0.4, -0.2) is 19.2 Å². The highest BCUT2D eigenvalue weighted by molar-refractivity contribution is 7.90. The van der Waals surface area contributed by atoms with Gasteiger partial charge >= 0.3 is 0 Å². The Hall–Kier alpha value is -1.56. The van der Waals surface area contributed by atoms with E-state index in [0.29, 0.717) is 23.2 Å². The summed E-state index contributed by atoms with van der Waals surface area (Å²) in [6.45, 7) is 1.82. The maximum atomic E-state index is 11.6. The Bertz CT molecular complexity index is 631. The van der Waals surface area contributed by atoms with E-state index in [2.05, 4.69) is 4.98 Å². The zero-order valence-corrected chi connectivity index (χ0v) is 10.3. The zero-order valence-electron chi connectivity index (χ0n) is 9.51. The molecule has 0 fully saturated rings. The van der Waals surface area contributed by atoms with Crippen molar-refractivity contribution < 1.29 is 12.8 Å². The molecule has 6 heteroatoms. The molecule has 0 unspecified atom stereocenters. The van der Waals surface area contributed by atoms with Gasteiger partial charge in [0.1, 0.15) is 11.3 Å². The maximum absolute atomic E-state index is 11.6. The first kappa shape index (κ1) is 11.9. The number of hydrogen-bond acceptors (Lipinski definition) is 5. The van der Waals surface area contributed by atoms with Crippen molar-refractivity contribution in [3.63, 3.8) is 0 Å². The van der Waals surface area contributed by atoms with Crippen LogP contribution in [0.5, 0.6) is 0 Å². The predicted molar refractivity (Wildman–Crippen MR) is 66.2 cm³/mol. The number of sulfone groups is 1. The van der Waals surface area contributed by atoms with Gasteiger partial charge in [-0.2, -0.15) is 0 Å². The SMILES string of the molecule is CCCS(=O)(=O)Cc1nc2c(N)cccc2o1. The molecule has 0 aliphatic carbocycles. The summed E-state index contributed by atoms with van der Waals surface area (Å²) in [4.78, 5) is 4.11. The first-order valence-electron chi connectivity index (χ1n) is 5.36. The molecule has 0 saturated carbocycles. The molecule has 0 aliphatic rings. The molecule has 0 saturated heterocycles. The first-order valence-corrected chi connectivity index (χ1v) is 7.18. The van der Waals surface area contributed by atoms with E-state index in [1.54, 1.807) is 18.2 Å². The van der Waals surface area contributed by atoms with E-state index in [4.69, 9.17) is 10.2 Å². The average Bonchev–Trinajstić information content (AvgIpc) is 2.60. The minimum Gasteiger partial charge on any atom is -0.439 e. The van der Waals surface area contributed by atoms with Crippen molar-refractivity contribution in [1.82, 2.24) is 4.98 Å². The number of nitrogens with zero attached hydrogens (tertiary/aromatic N) is 1. The summed E-state index contributed by atoms with van der Waals surface area (Å²) >= 11 is 0. The van der Waals surface area contributed by atoms with Gasteiger partial charge in [-0.05, 0) is 18.6 Å². The molecular weight excluding hydrogens is 240 g/mol. The summed E-state index contributed by atoms with van der Waals surface area (Å²) < 4.78 is 28.6. The fourth-order valence-corrected chi connectivity index (χ4v) is 2.91. The number of benzene rings is 1. The second-order valence-electron chi connectivity index (χ2n) is 3.89. The summed E-state index contributed by atoms with van der Waals surface area (Å²) in [6, 6.07) is 5.16. The van der Waals surface area contributed by atoms with Gasteiger partial charge in [0.15, 0.2) is 15.4 Å². The normalized spacial score (nSPS) is 12.1. The summed E-state index contributed by atoms with van der Waals surface area (Å²) in [7, 11) is -3.14. The minimum absolute atomic E-state index is 0.140. The van der Waals surface area contributed by atoms with E-state index in [1.165, 1.54) is 0 Å². The topological polar surface area (TPSA) is 86.2 Å². The molecule has 0 bridgehead atoms. The minimum atomic E-state index is -3.14. The first-order chi connectivity index (χ1) is 8.02. The van der Waals surface area contributed by atoms with E-state index < -0.39 is 9.84 Å². The van der Waals surface area contributed by atoms with Gasteiger partial charge in [-0.15, -0.1) is 0 Å². The number of nitrogen functional groups attached to an aromatic ring is 1. The largest absolute Gasteiger partial charge is 0.439 e. The molecule has 0 aliphatic heterocycles. The van der Waals surface area contributed by atoms with Crippen molar-refractivity contribution in [2.75, 3.05) is 11.5 Å². The molecule has 1 aromatic carbocycles. The van der Waals surface area contributed by atoms with Gasteiger partial charge in [0, 0.05) is 0 Å². The third-order valence-electron chi connectivity index (χ3n) is 2.35. The predicted octanol–water partition coefficient (Wildman–Crippen LogP) is 1.73. The Morgan fingerprint density at radius 3 is 2.82 bits per heavy atom. The molecule has 0 atom stereocenters. The number of rotatable bonds is 4. The lowest BCUT2D eigenvalue weighted by atomic mass is 10.3. The highest BCUT2D eigenvalue weighted by atomic mass is 32.2. The van der Waals surface area contributed by atoms with Crippen molar-refractivity contribution in [2.24, 2.45) is 0 Å². The highest BCUT2D eigenvalue weighted by Crippen LogP contribution is 2.22. The van der Waals surface area contributed by atoms with Crippen LogP contribution in [0.1, 0.15) is 19.2 Å². The van der Waals surface area contributed by atoms with Crippen molar-refractivity contribution in [3.8, 4) is 0 Å². The summed E-state index contributed by atoms with van der Waals surface area (Å²) in [5.41, 5.74) is 7.25. The number of anilines is 1. The number of nitrogens with two attached hydrogens (primary N) is 1. The van der Waals surface area contributed by atoms with Crippen LogP contribution in [-0.2, 0) is 15.6 Å². The number of hydrogen-bond donors (Lipinski definition) is 1. The van der Waals surface area contributed by atoms with Crippen LogP contribution in [0.4, 0.5) is 5.69 Å². The van der Waals surface area contributed by atoms with Crippen molar-refractivity contribution in [2.45, 2.75) is 19.1 Å². The number of fused-ring (bicyclic) bond motifs is 1. The van der Waals surface area contributed by atoms with Crippen molar-refractivity contribution in [3.05, 3.63) is 24.1 Å². The van der Waals surface area contributed by atoms with Crippen LogP contribution in [0.3, 0.4) is 0 Å². The Morgan fingerprint density at radius 1 is 1.41 bits per heavy atom. The maximum Gasteiger partial charge on any atom is 0.210 e. The molecule has 0 spiro atoms. The Balaban J connectivity index is 2.35. The van der Waals surface area contributed by atoms with Gasteiger partial charge in [-0.3, -0.25) is 0 Å². The standard InChI is InChI=1S/C11H14N2O3S/c1-2-6-17(14,15)7-10-13-11-8(12)4-3-5-9(11)16-10/h3-5H,2,6-7,12H2,1H3. The Kier molecular flexibility index (Phi) is 3.06. The van der Waals surface area contributed by atoms with Crippen molar-refractivity contribution in [1.29, 1.82) is 0 Å². The van der Waals surface area contributed by atoms with Gasteiger partial charge in [0.25, 0.3) is 0 Å². The smallest absolute Gasteiger partial charge is 0.210 e. The third-order valence-corrected chi connectivity index (χ3v) is 4.07. The monoisotopic (exact) mass is 254 g/mol. The number of aromatic nitrogens is 1. The molecule has 2 N–H and O–H groups in total. The lowest BCUT2D eigenvalue weighted by molar-refractivity contribution is 0.539. The molecule has 0 radical (unpaired) electrons. The lowest BCUT2D eigenvalue weighted by Crippen LogP contribution is -2.08. The van der Waals surface area contributed by atoms with Crippen LogP contribution in [0.2, 0.25) is 0 Å². The number of para-hydroxylation sites is 1. The second-order valence-corrected chi connectivity index (χ2v) is 6.08. The third kappa shape index (κ3) is 2.58. The second kappa shape index (κ2) is 4.37. The van der Waals surface area contributed by atoms with Gasteiger partial charge < -0.3 is 10.2 Å². The van der Waals surface area contributed by atoms with E-state index in [9.17, 15) is 8.42 Å². The summed E-state index contributed by atoms with van der Waals surface area (Å²) in [6.07, 6.45) is 0.588. The zero-order chi connectivity index (χ0) is 12.5. The molecular formula is C11H14N2O3S. The molecule has 17 heavy (non-hydrogen) atoms. The fourth-order valence-electron chi connectivity index (χ4n) is 1.65. The van der Waals surface area contributed by atoms with Crippen LogP contribution in [0.25, 0.3) is 11.1 Å². The average molecular weight is 254 g/mol. The molecule has 5 nitrogen and oxygen atoms in total. The number of oxazole rings is 1. The van der Waals surface area contributed by atoms with Gasteiger partial charge in [-0.25, -0.2) is 13.4 Å². The molecule has 2 rings (SSSR count). The van der Waals surface area contributed by atoms with Crippen LogP contribution in [0, 0.1) is 0 Å². The Labute approximate surface area is 99.6 Å². The van der Waals surface area contributed by atoms with E-state index in [0.717, 1.165) is 0 Å². The van der Waals surface area contributed by atoms with Crippen LogP contribution in [0.15, 0.2) is 22.6 Å². The van der Waals surface area contributed by atoms with E-state index >= 15 is 0 Å². The quantitative estimate of drug-likeness (QED) is 0.840.